The van der Waals surface area contributed by atoms with E-state index in [-0.39, 0.29) is 0 Å². The predicted molar refractivity (Wildman–Crippen MR) is 235 cm³/mol. The normalized spacial score (nSPS) is 11.5. The number of hydrogen-bond donors (Lipinski definition) is 0. The van der Waals surface area contributed by atoms with Gasteiger partial charge in [0.25, 0.3) is 0 Å². The van der Waals surface area contributed by atoms with Crippen molar-refractivity contribution in [3.05, 3.63) is 200 Å². The fourth-order valence-corrected chi connectivity index (χ4v) is 8.04. The first-order chi connectivity index (χ1) is 28.2. The molecular formula is C53H33N3O. The smallest absolute Gasteiger partial charge is 0.167 e. The number of aromatic nitrogens is 3. The molecular weight excluding hydrogens is 695 g/mol. The van der Waals surface area contributed by atoms with Gasteiger partial charge < -0.3 is 4.42 Å². The van der Waals surface area contributed by atoms with Crippen LogP contribution in [0.2, 0.25) is 0 Å². The quantitative estimate of drug-likeness (QED) is 0.171. The molecule has 0 N–H and O–H groups in total. The first-order valence-corrected chi connectivity index (χ1v) is 19.2. The monoisotopic (exact) mass is 727 g/mol. The van der Waals surface area contributed by atoms with Gasteiger partial charge in [0.05, 0.1) is 5.56 Å². The van der Waals surface area contributed by atoms with Crippen LogP contribution in [0, 0.1) is 0 Å². The molecule has 11 rings (SSSR count). The molecule has 0 bridgehead atoms. The molecule has 4 heteroatoms. The molecule has 9 aromatic carbocycles. The molecule has 0 fully saturated rings. The highest BCUT2D eigenvalue weighted by Gasteiger charge is 2.22. The zero-order chi connectivity index (χ0) is 37.7. The molecule has 0 spiro atoms. The van der Waals surface area contributed by atoms with E-state index in [2.05, 4.69) is 170 Å². The molecule has 0 saturated carbocycles. The Morgan fingerprint density at radius 2 is 0.807 bits per heavy atom. The molecule has 0 aliphatic rings. The molecule has 0 aliphatic carbocycles. The topological polar surface area (TPSA) is 51.8 Å². The second-order valence-electron chi connectivity index (χ2n) is 14.4. The average molecular weight is 728 g/mol. The Bertz CT molecular complexity index is 3280. The summed E-state index contributed by atoms with van der Waals surface area (Å²) in [6, 6.07) is 69.9. The van der Waals surface area contributed by atoms with E-state index in [1.54, 1.807) is 0 Å². The van der Waals surface area contributed by atoms with Crippen LogP contribution in [0.15, 0.2) is 205 Å². The minimum absolute atomic E-state index is 0.551. The van der Waals surface area contributed by atoms with Crippen LogP contribution in [-0.4, -0.2) is 15.0 Å². The van der Waals surface area contributed by atoms with E-state index in [0.29, 0.717) is 17.5 Å². The standard InChI is InChI=1S/C53H33N3O/c1-3-12-34(13-4-1)41-19-11-20-43(33-41)44-30-31-47(50-48(44)46-29-28-37-15-9-10-21-45(37)49(46)57-50)53-55-51(38-16-5-2-6-17-38)54-52(56-53)39-25-22-36(23-26-39)42-27-24-35-14-7-8-18-40(35)32-42/h1-33H. The van der Waals surface area contributed by atoms with E-state index < -0.39 is 0 Å². The lowest BCUT2D eigenvalue weighted by Gasteiger charge is -2.12. The highest BCUT2D eigenvalue weighted by molar-refractivity contribution is 6.21. The van der Waals surface area contributed by atoms with Crippen molar-refractivity contribution in [2.75, 3.05) is 0 Å². The Kier molecular flexibility index (Phi) is 7.78. The number of hydrogen-bond acceptors (Lipinski definition) is 4. The lowest BCUT2D eigenvalue weighted by Crippen LogP contribution is -2.00. The van der Waals surface area contributed by atoms with Gasteiger partial charge >= 0.3 is 0 Å². The van der Waals surface area contributed by atoms with Gasteiger partial charge in [-0.25, -0.2) is 15.0 Å². The Morgan fingerprint density at radius 3 is 1.60 bits per heavy atom. The van der Waals surface area contributed by atoms with Gasteiger partial charge in [-0.05, 0) is 73.8 Å². The van der Waals surface area contributed by atoms with Crippen molar-refractivity contribution in [2.24, 2.45) is 0 Å². The lowest BCUT2D eigenvalue weighted by molar-refractivity contribution is 0.673. The average Bonchev–Trinajstić information content (AvgIpc) is 3.70. The van der Waals surface area contributed by atoms with Gasteiger partial charge in [0.1, 0.15) is 11.2 Å². The van der Waals surface area contributed by atoms with Gasteiger partial charge in [0.15, 0.2) is 17.5 Å². The Morgan fingerprint density at radius 1 is 0.281 bits per heavy atom. The van der Waals surface area contributed by atoms with Crippen LogP contribution in [0.4, 0.5) is 0 Å². The van der Waals surface area contributed by atoms with E-state index in [1.165, 1.54) is 16.3 Å². The summed E-state index contributed by atoms with van der Waals surface area (Å²) in [5.41, 5.74) is 11.0. The van der Waals surface area contributed by atoms with Crippen molar-refractivity contribution >= 4 is 43.5 Å². The zero-order valence-electron chi connectivity index (χ0n) is 30.8. The van der Waals surface area contributed by atoms with E-state index in [0.717, 1.165) is 77.2 Å². The van der Waals surface area contributed by atoms with E-state index in [1.807, 2.05) is 30.3 Å². The van der Waals surface area contributed by atoms with Gasteiger partial charge in [-0.1, -0.05) is 176 Å². The molecule has 0 aliphatic heterocycles. The third-order valence-corrected chi connectivity index (χ3v) is 10.9. The van der Waals surface area contributed by atoms with Gasteiger partial charge in [-0.2, -0.15) is 0 Å². The fraction of sp³-hybridized carbons (Fsp3) is 0. The molecule has 0 amide bonds. The maximum atomic E-state index is 7.01. The van der Waals surface area contributed by atoms with Gasteiger partial charge in [0, 0.05) is 27.3 Å². The molecule has 0 radical (unpaired) electrons. The molecule has 0 atom stereocenters. The minimum Gasteiger partial charge on any atom is -0.455 e. The third-order valence-electron chi connectivity index (χ3n) is 10.9. The van der Waals surface area contributed by atoms with Crippen LogP contribution in [0.3, 0.4) is 0 Å². The van der Waals surface area contributed by atoms with Crippen LogP contribution < -0.4 is 0 Å². The molecule has 11 aromatic rings. The Hall–Kier alpha value is -7.69. The summed E-state index contributed by atoms with van der Waals surface area (Å²) >= 11 is 0. The highest BCUT2D eigenvalue weighted by atomic mass is 16.3. The number of fused-ring (bicyclic) bond motifs is 6. The summed E-state index contributed by atoms with van der Waals surface area (Å²) in [7, 11) is 0. The molecule has 266 valence electrons. The fourth-order valence-electron chi connectivity index (χ4n) is 8.04. The SMILES string of the molecule is c1ccc(-c2cccc(-c3ccc(-c4nc(-c5ccccc5)nc(-c5ccc(-c6ccc7ccccc7c6)cc5)n4)c4oc5c6ccccc6ccc5c34)c2)cc1. The number of rotatable bonds is 6. The third kappa shape index (κ3) is 5.83. The molecule has 2 aromatic heterocycles. The molecule has 4 nitrogen and oxygen atoms in total. The van der Waals surface area contributed by atoms with Crippen molar-refractivity contribution in [2.45, 2.75) is 0 Å². The van der Waals surface area contributed by atoms with Crippen LogP contribution in [-0.2, 0) is 0 Å². The first-order valence-electron chi connectivity index (χ1n) is 19.2. The summed E-state index contributed by atoms with van der Waals surface area (Å²) in [5.74, 6) is 1.75. The summed E-state index contributed by atoms with van der Waals surface area (Å²) in [6.07, 6.45) is 0. The summed E-state index contributed by atoms with van der Waals surface area (Å²) < 4.78 is 7.01. The first kappa shape index (κ1) is 32.7. The van der Waals surface area contributed by atoms with Crippen molar-refractivity contribution in [3.8, 4) is 67.5 Å². The maximum absolute atomic E-state index is 7.01. The summed E-state index contributed by atoms with van der Waals surface area (Å²) in [6.45, 7) is 0. The minimum atomic E-state index is 0.551. The van der Waals surface area contributed by atoms with Crippen LogP contribution in [0.25, 0.3) is 111 Å². The van der Waals surface area contributed by atoms with Crippen LogP contribution >= 0.6 is 0 Å². The van der Waals surface area contributed by atoms with Gasteiger partial charge in [-0.15, -0.1) is 0 Å². The molecule has 2 heterocycles. The van der Waals surface area contributed by atoms with Crippen molar-refractivity contribution < 1.29 is 4.42 Å². The Balaban J connectivity index is 1.11. The Labute approximate surface area is 329 Å². The molecule has 57 heavy (non-hydrogen) atoms. The maximum Gasteiger partial charge on any atom is 0.167 e. The van der Waals surface area contributed by atoms with E-state index in [4.69, 9.17) is 19.4 Å². The van der Waals surface area contributed by atoms with Crippen LogP contribution in [0.5, 0.6) is 0 Å². The van der Waals surface area contributed by atoms with Gasteiger partial charge in [-0.3, -0.25) is 0 Å². The van der Waals surface area contributed by atoms with Gasteiger partial charge in [0.2, 0.25) is 0 Å². The van der Waals surface area contributed by atoms with E-state index in [9.17, 15) is 0 Å². The van der Waals surface area contributed by atoms with Crippen molar-refractivity contribution in [1.82, 2.24) is 15.0 Å². The van der Waals surface area contributed by atoms with E-state index >= 15 is 0 Å². The largest absolute Gasteiger partial charge is 0.455 e. The number of benzene rings is 9. The zero-order valence-corrected chi connectivity index (χ0v) is 30.8. The predicted octanol–water partition coefficient (Wildman–Crippen LogP) is 14.1. The van der Waals surface area contributed by atoms with Crippen molar-refractivity contribution in [1.29, 1.82) is 0 Å². The molecule has 0 unspecified atom stereocenters. The summed E-state index contributed by atoms with van der Waals surface area (Å²) in [5, 5.41) is 6.71. The molecule has 0 saturated heterocycles. The lowest BCUT2D eigenvalue weighted by atomic mass is 9.94. The number of furan rings is 1. The second-order valence-corrected chi connectivity index (χ2v) is 14.4. The highest BCUT2D eigenvalue weighted by Crippen LogP contribution is 2.44. The summed E-state index contributed by atoms with van der Waals surface area (Å²) in [4.78, 5) is 15.4. The number of nitrogens with zero attached hydrogens (tertiary/aromatic N) is 3. The second kappa shape index (κ2) is 13.6. The van der Waals surface area contributed by atoms with Crippen LogP contribution in [0.1, 0.15) is 0 Å². The van der Waals surface area contributed by atoms with Crippen molar-refractivity contribution in [3.63, 3.8) is 0 Å².